The average Bonchev–Trinajstić information content (AvgIpc) is 2.38. The van der Waals surface area contributed by atoms with Gasteiger partial charge in [0, 0.05) is 13.0 Å². The fourth-order valence-electron chi connectivity index (χ4n) is 1.16. The second kappa shape index (κ2) is 2.64. The maximum absolute atomic E-state index is 13.2. The first-order valence-electron chi connectivity index (χ1n) is 3.49. The molecule has 0 bridgehead atoms. The minimum absolute atomic E-state index is 0.156. The first-order valence-corrected chi connectivity index (χ1v) is 3.49. The van der Waals surface area contributed by atoms with Gasteiger partial charge in [0.1, 0.15) is 0 Å². The van der Waals surface area contributed by atoms with Crippen LogP contribution in [0.2, 0.25) is 0 Å². The summed E-state index contributed by atoms with van der Waals surface area (Å²) in [4.78, 5) is 0. The highest BCUT2D eigenvalue weighted by molar-refractivity contribution is 5.00. The van der Waals surface area contributed by atoms with Crippen molar-refractivity contribution in [2.45, 2.75) is 18.0 Å². The predicted octanol–water partition coefficient (Wildman–Crippen LogP) is 0.282. The zero-order valence-corrected chi connectivity index (χ0v) is 6.04. The highest BCUT2D eigenvalue weighted by Gasteiger charge is 2.55. The average molecular weight is 168 g/mol. The summed E-state index contributed by atoms with van der Waals surface area (Å²) in [6, 6.07) is 0. The molecule has 0 amide bonds. The smallest absolute Gasteiger partial charge is 0.294 e. The topological polar surface area (TPSA) is 38.0 Å². The lowest BCUT2D eigenvalue weighted by Gasteiger charge is -2.27. The summed E-state index contributed by atoms with van der Waals surface area (Å²) in [5.41, 5.74) is 2.32. The molecule has 0 radical (unpaired) electrons. The fraction of sp³-hybridized carbons (Fsp3) is 1.00. The first kappa shape index (κ1) is 8.80. The van der Waals surface area contributed by atoms with E-state index in [-0.39, 0.29) is 13.0 Å². The number of hydrogen-bond acceptors (Lipinski definition) is 2. The Labute approximate surface area is 62.9 Å². The van der Waals surface area contributed by atoms with Crippen LogP contribution in [-0.4, -0.2) is 31.2 Å². The summed E-state index contributed by atoms with van der Waals surface area (Å²) >= 11 is 0. The minimum atomic E-state index is -3.39. The SMILES string of the molecule is NCC(F)(F)C1(F)CCNC1. The molecule has 5 heteroatoms. The van der Waals surface area contributed by atoms with Crippen LogP contribution in [0.1, 0.15) is 6.42 Å². The van der Waals surface area contributed by atoms with Gasteiger partial charge in [0.15, 0.2) is 5.67 Å². The van der Waals surface area contributed by atoms with Crippen molar-refractivity contribution in [1.29, 1.82) is 0 Å². The third kappa shape index (κ3) is 1.35. The number of nitrogens with two attached hydrogens (primary N) is 1. The monoisotopic (exact) mass is 168 g/mol. The van der Waals surface area contributed by atoms with E-state index < -0.39 is 18.1 Å². The maximum atomic E-state index is 13.2. The molecule has 0 aromatic rings. The fourth-order valence-corrected chi connectivity index (χ4v) is 1.16. The molecular formula is C6H11F3N2. The van der Waals surface area contributed by atoms with Gasteiger partial charge in [-0.05, 0) is 6.54 Å². The molecule has 1 rings (SSSR count). The van der Waals surface area contributed by atoms with Gasteiger partial charge < -0.3 is 11.1 Å². The van der Waals surface area contributed by atoms with Gasteiger partial charge in [-0.3, -0.25) is 0 Å². The van der Waals surface area contributed by atoms with Crippen molar-refractivity contribution in [3.05, 3.63) is 0 Å². The Kier molecular flexibility index (Phi) is 2.11. The van der Waals surface area contributed by atoms with Gasteiger partial charge >= 0.3 is 0 Å². The standard InChI is InChI=1S/C6H11F3N2/c7-5(1-2-11-4-5)6(8,9)3-10/h11H,1-4,10H2. The van der Waals surface area contributed by atoms with E-state index in [9.17, 15) is 13.2 Å². The van der Waals surface area contributed by atoms with E-state index >= 15 is 0 Å². The summed E-state index contributed by atoms with van der Waals surface area (Å²) in [6.07, 6.45) is -0.156. The molecule has 11 heavy (non-hydrogen) atoms. The Morgan fingerprint density at radius 2 is 2.18 bits per heavy atom. The Balaban J connectivity index is 2.69. The van der Waals surface area contributed by atoms with Gasteiger partial charge in [0.25, 0.3) is 5.92 Å². The normalized spacial score (nSPS) is 32.7. The predicted molar refractivity (Wildman–Crippen MR) is 35.3 cm³/mol. The van der Waals surface area contributed by atoms with E-state index in [1.807, 2.05) is 0 Å². The van der Waals surface area contributed by atoms with E-state index in [1.54, 1.807) is 0 Å². The van der Waals surface area contributed by atoms with Gasteiger partial charge in [-0.25, -0.2) is 13.2 Å². The maximum Gasteiger partial charge on any atom is 0.294 e. The van der Waals surface area contributed by atoms with Crippen LogP contribution in [0.3, 0.4) is 0 Å². The van der Waals surface area contributed by atoms with E-state index in [0.29, 0.717) is 6.54 Å². The molecular weight excluding hydrogens is 157 g/mol. The van der Waals surface area contributed by atoms with E-state index in [1.165, 1.54) is 0 Å². The van der Waals surface area contributed by atoms with E-state index in [0.717, 1.165) is 0 Å². The summed E-state index contributed by atoms with van der Waals surface area (Å²) in [5, 5.41) is 2.54. The van der Waals surface area contributed by atoms with Crippen LogP contribution in [0, 0.1) is 0 Å². The van der Waals surface area contributed by atoms with Crippen molar-refractivity contribution < 1.29 is 13.2 Å². The summed E-state index contributed by atoms with van der Waals surface area (Å²) in [7, 11) is 0. The number of alkyl halides is 3. The van der Waals surface area contributed by atoms with Gasteiger partial charge in [-0.15, -0.1) is 0 Å². The van der Waals surface area contributed by atoms with E-state index in [2.05, 4.69) is 5.32 Å². The molecule has 1 aliphatic rings. The van der Waals surface area contributed by atoms with Crippen LogP contribution in [-0.2, 0) is 0 Å². The Bertz CT molecular complexity index is 143. The number of nitrogens with one attached hydrogen (secondary N) is 1. The van der Waals surface area contributed by atoms with Crippen LogP contribution in [0.4, 0.5) is 13.2 Å². The van der Waals surface area contributed by atoms with Gasteiger partial charge in [-0.2, -0.15) is 0 Å². The molecule has 0 aliphatic carbocycles. The van der Waals surface area contributed by atoms with Crippen LogP contribution in [0.25, 0.3) is 0 Å². The van der Waals surface area contributed by atoms with Crippen LogP contribution < -0.4 is 11.1 Å². The lowest BCUT2D eigenvalue weighted by molar-refractivity contribution is -0.119. The molecule has 0 aromatic heterocycles. The zero-order valence-electron chi connectivity index (χ0n) is 6.04. The Morgan fingerprint density at radius 1 is 1.55 bits per heavy atom. The minimum Gasteiger partial charge on any atom is -0.325 e. The third-order valence-electron chi connectivity index (χ3n) is 2.02. The van der Waals surface area contributed by atoms with E-state index in [4.69, 9.17) is 5.73 Å². The highest BCUT2D eigenvalue weighted by atomic mass is 19.3. The summed E-state index contributed by atoms with van der Waals surface area (Å²) in [6.45, 7) is -0.922. The van der Waals surface area contributed by atoms with Gasteiger partial charge in [0.05, 0.1) is 6.54 Å². The van der Waals surface area contributed by atoms with Crippen molar-refractivity contribution in [1.82, 2.24) is 5.32 Å². The molecule has 1 saturated heterocycles. The largest absolute Gasteiger partial charge is 0.325 e. The third-order valence-corrected chi connectivity index (χ3v) is 2.02. The molecule has 1 fully saturated rings. The van der Waals surface area contributed by atoms with Crippen LogP contribution in [0.5, 0.6) is 0 Å². The lowest BCUT2D eigenvalue weighted by atomic mass is 9.97. The van der Waals surface area contributed by atoms with Crippen molar-refractivity contribution >= 4 is 0 Å². The van der Waals surface area contributed by atoms with Crippen molar-refractivity contribution in [3.63, 3.8) is 0 Å². The Hall–Kier alpha value is -0.290. The second-order valence-corrected chi connectivity index (χ2v) is 2.80. The Morgan fingerprint density at radius 3 is 2.55 bits per heavy atom. The molecule has 1 heterocycles. The van der Waals surface area contributed by atoms with Crippen molar-refractivity contribution in [3.8, 4) is 0 Å². The molecule has 66 valence electrons. The zero-order chi connectivity index (χ0) is 8.54. The first-order chi connectivity index (χ1) is 5.02. The number of rotatable bonds is 2. The molecule has 0 aromatic carbocycles. The number of hydrogen-bond donors (Lipinski definition) is 2. The van der Waals surface area contributed by atoms with Gasteiger partial charge in [-0.1, -0.05) is 0 Å². The molecule has 2 nitrogen and oxygen atoms in total. The molecule has 1 unspecified atom stereocenters. The highest BCUT2D eigenvalue weighted by Crippen LogP contribution is 2.36. The molecule has 0 saturated carbocycles. The molecule has 1 aliphatic heterocycles. The molecule has 0 spiro atoms. The summed E-state index contributed by atoms with van der Waals surface area (Å²) < 4.78 is 38.6. The lowest BCUT2D eigenvalue weighted by Crippen LogP contribution is -2.50. The summed E-state index contributed by atoms with van der Waals surface area (Å²) in [5.74, 6) is -3.39. The van der Waals surface area contributed by atoms with Crippen LogP contribution in [0.15, 0.2) is 0 Å². The van der Waals surface area contributed by atoms with Crippen molar-refractivity contribution in [2.24, 2.45) is 5.73 Å². The van der Waals surface area contributed by atoms with Crippen LogP contribution >= 0.6 is 0 Å². The molecule has 1 atom stereocenters. The van der Waals surface area contributed by atoms with Gasteiger partial charge in [0.2, 0.25) is 0 Å². The number of halogens is 3. The second-order valence-electron chi connectivity index (χ2n) is 2.80. The molecule has 3 N–H and O–H groups in total. The van der Waals surface area contributed by atoms with Crippen molar-refractivity contribution in [2.75, 3.05) is 19.6 Å². The quantitative estimate of drug-likeness (QED) is 0.621.